The van der Waals surface area contributed by atoms with Crippen LogP contribution >= 0.6 is 0 Å². The van der Waals surface area contributed by atoms with Crippen LogP contribution in [0.2, 0.25) is 0 Å². The lowest BCUT2D eigenvalue weighted by Crippen LogP contribution is -2.14. The summed E-state index contributed by atoms with van der Waals surface area (Å²) in [6.07, 6.45) is 0. The lowest BCUT2D eigenvalue weighted by molar-refractivity contribution is 0.646. The molecule has 4 nitrogen and oxygen atoms in total. The largest absolute Gasteiger partial charge is 0.456 e. The van der Waals surface area contributed by atoms with Gasteiger partial charge in [0.2, 0.25) is 5.71 Å². The van der Waals surface area contributed by atoms with Gasteiger partial charge >= 0.3 is 0 Å². The summed E-state index contributed by atoms with van der Waals surface area (Å²) in [7, 11) is 0. The van der Waals surface area contributed by atoms with Gasteiger partial charge in [-0.3, -0.25) is 0 Å². The molecule has 0 radical (unpaired) electrons. The molecule has 0 saturated heterocycles. The predicted octanol–water partition coefficient (Wildman–Crippen LogP) is 9.92. The third-order valence-electron chi connectivity index (χ3n) is 8.73. The molecular weight excluding hydrogens is 504 g/mol. The quantitative estimate of drug-likeness (QED) is 0.224. The van der Waals surface area contributed by atoms with Gasteiger partial charge in [0.1, 0.15) is 16.7 Å². The Labute approximate surface area is 235 Å². The van der Waals surface area contributed by atoms with Gasteiger partial charge in [-0.2, -0.15) is 4.98 Å². The normalized spacial score (nSPS) is 13.8. The Kier molecular flexibility index (Phi) is 4.36. The second kappa shape index (κ2) is 7.92. The fourth-order valence-electron chi connectivity index (χ4n) is 6.72. The Balaban J connectivity index is 1.36. The molecule has 0 fully saturated rings. The van der Waals surface area contributed by atoms with Crippen molar-refractivity contribution in [2.75, 3.05) is 0 Å². The summed E-state index contributed by atoms with van der Waals surface area (Å²) >= 11 is 0. The SMILES string of the molecule is CC1(C)c2ccccc2-c2c1ccc1c2oc2nc(-c3ccc4oc5ccccc5c4c3)nc(-c3ccccc3)c21. The minimum Gasteiger partial charge on any atom is -0.456 e. The number of benzene rings is 5. The van der Waals surface area contributed by atoms with Crippen LogP contribution in [0.15, 0.2) is 118 Å². The standard InChI is InChI=1S/C37H24N2O2/c1-37(2)27-14-8-6-13-24(27)31-28(37)18-17-25-32-33(21-10-4-3-5-11-21)38-35(39-36(32)41-34(25)31)22-16-19-30-26(20-22)23-12-7-9-15-29(23)40-30/h3-20H,1-2H3. The van der Waals surface area contributed by atoms with Crippen molar-refractivity contribution in [3.8, 4) is 33.8 Å². The van der Waals surface area contributed by atoms with Crippen molar-refractivity contribution >= 4 is 44.0 Å². The van der Waals surface area contributed by atoms with Gasteiger partial charge in [0, 0.05) is 38.3 Å². The van der Waals surface area contributed by atoms with E-state index in [1.807, 2.05) is 48.5 Å². The van der Waals surface area contributed by atoms with Gasteiger partial charge in [0.05, 0.1) is 11.1 Å². The summed E-state index contributed by atoms with van der Waals surface area (Å²) < 4.78 is 12.8. The summed E-state index contributed by atoms with van der Waals surface area (Å²) in [4.78, 5) is 10.2. The lowest BCUT2D eigenvalue weighted by Gasteiger charge is -2.21. The smallest absolute Gasteiger partial charge is 0.231 e. The number of aromatic nitrogens is 2. The minimum absolute atomic E-state index is 0.110. The summed E-state index contributed by atoms with van der Waals surface area (Å²) in [5.74, 6) is 0.625. The fraction of sp³-hybridized carbons (Fsp3) is 0.0811. The molecule has 5 aromatic carbocycles. The highest BCUT2D eigenvalue weighted by atomic mass is 16.3. The number of hydrogen-bond donors (Lipinski definition) is 0. The number of nitrogens with zero attached hydrogens (tertiary/aromatic N) is 2. The molecule has 1 aliphatic rings. The first-order valence-electron chi connectivity index (χ1n) is 13.9. The van der Waals surface area contributed by atoms with Crippen molar-refractivity contribution in [1.82, 2.24) is 9.97 Å². The maximum absolute atomic E-state index is 6.74. The Bertz CT molecular complexity index is 2340. The van der Waals surface area contributed by atoms with Gasteiger partial charge in [0.25, 0.3) is 0 Å². The highest BCUT2D eigenvalue weighted by Crippen LogP contribution is 2.52. The molecule has 8 aromatic rings. The molecular formula is C37H24N2O2. The van der Waals surface area contributed by atoms with E-state index in [0.717, 1.165) is 60.7 Å². The van der Waals surface area contributed by atoms with Gasteiger partial charge in [-0.25, -0.2) is 4.98 Å². The molecule has 3 aromatic heterocycles. The maximum atomic E-state index is 6.74. The van der Waals surface area contributed by atoms with Crippen LogP contribution in [0.3, 0.4) is 0 Å². The van der Waals surface area contributed by atoms with Gasteiger partial charge < -0.3 is 8.83 Å². The van der Waals surface area contributed by atoms with Crippen molar-refractivity contribution in [3.05, 3.63) is 120 Å². The van der Waals surface area contributed by atoms with E-state index in [2.05, 4.69) is 74.5 Å². The summed E-state index contributed by atoms with van der Waals surface area (Å²) in [6.45, 7) is 4.57. The first kappa shape index (κ1) is 22.6. The number of rotatable bonds is 2. The third kappa shape index (κ3) is 3.05. The molecule has 1 aliphatic carbocycles. The van der Waals surface area contributed by atoms with Crippen molar-refractivity contribution < 1.29 is 8.83 Å². The number of furan rings is 2. The monoisotopic (exact) mass is 528 g/mol. The highest BCUT2D eigenvalue weighted by molar-refractivity contribution is 6.15. The zero-order valence-electron chi connectivity index (χ0n) is 22.6. The van der Waals surface area contributed by atoms with Crippen LogP contribution < -0.4 is 0 Å². The Morgan fingerprint density at radius 2 is 1.37 bits per heavy atom. The second-order valence-electron chi connectivity index (χ2n) is 11.4. The third-order valence-corrected chi connectivity index (χ3v) is 8.73. The number of para-hydroxylation sites is 1. The molecule has 0 unspecified atom stereocenters. The lowest BCUT2D eigenvalue weighted by atomic mass is 9.82. The van der Waals surface area contributed by atoms with E-state index in [-0.39, 0.29) is 5.41 Å². The van der Waals surface area contributed by atoms with Crippen LogP contribution in [-0.4, -0.2) is 9.97 Å². The topological polar surface area (TPSA) is 52.1 Å². The first-order chi connectivity index (χ1) is 20.1. The van der Waals surface area contributed by atoms with Crippen molar-refractivity contribution in [3.63, 3.8) is 0 Å². The minimum atomic E-state index is -0.110. The van der Waals surface area contributed by atoms with Crippen LogP contribution in [0.4, 0.5) is 0 Å². The fourth-order valence-corrected chi connectivity index (χ4v) is 6.72. The van der Waals surface area contributed by atoms with Crippen LogP contribution in [0.1, 0.15) is 25.0 Å². The maximum Gasteiger partial charge on any atom is 0.231 e. The average molecular weight is 529 g/mol. The van der Waals surface area contributed by atoms with Crippen LogP contribution in [0, 0.1) is 0 Å². The van der Waals surface area contributed by atoms with Crippen LogP contribution in [0.25, 0.3) is 77.8 Å². The highest BCUT2D eigenvalue weighted by Gasteiger charge is 2.37. The molecule has 0 atom stereocenters. The molecule has 0 aliphatic heterocycles. The van der Waals surface area contributed by atoms with Gasteiger partial charge in [-0.15, -0.1) is 0 Å². The molecule has 0 amide bonds. The molecule has 0 N–H and O–H groups in total. The number of hydrogen-bond acceptors (Lipinski definition) is 4. The van der Waals surface area contributed by atoms with E-state index >= 15 is 0 Å². The zero-order valence-corrected chi connectivity index (χ0v) is 22.6. The molecule has 41 heavy (non-hydrogen) atoms. The Morgan fingerprint density at radius 3 is 2.27 bits per heavy atom. The molecule has 3 heterocycles. The predicted molar refractivity (Wildman–Crippen MR) is 165 cm³/mol. The van der Waals surface area contributed by atoms with Crippen molar-refractivity contribution in [2.45, 2.75) is 19.3 Å². The summed E-state index contributed by atoms with van der Waals surface area (Å²) in [5, 5.41) is 4.10. The molecule has 0 saturated carbocycles. The van der Waals surface area contributed by atoms with E-state index in [0.29, 0.717) is 11.5 Å². The zero-order chi connectivity index (χ0) is 27.3. The van der Waals surface area contributed by atoms with Crippen LogP contribution in [-0.2, 0) is 5.41 Å². The Hall–Kier alpha value is -5.22. The van der Waals surface area contributed by atoms with E-state index in [1.165, 1.54) is 16.7 Å². The molecule has 194 valence electrons. The van der Waals surface area contributed by atoms with Gasteiger partial charge in [0.15, 0.2) is 5.82 Å². The van der Waals surface area contributed by atoms with E-state index in [1.54, 1.807) is 0 Å². The van der Waals surface area contributed by atoms with Crippen molar-refractivity contribution in [1.29, 1.82) is 0 Å². The van der Waals surface area contributed by atoms with Crippen LogP contribution in [0.5, 0.6) is 0 Å². The first-order valence-corrected chi connectivity index (χ1v) is 13.9. The summed E-state index contributed by atoms with van der Waals surface area (Å²) in [6, 6.07) is 37.7. The molecule has 4 heteroatoms. The second-order valence-corrected chi connectivity index (χ2v) is 11.4. The van der Waals surface area contributed by atoms with E-state index in [9.17, 15) is 0 Å². The van der Waals surface area contributed by atoms with Gasteiger partial charge in [-0.1, -0.05) is 92.7 Å². The number of fused-ring (bicyclic) bond motifs is 10. The molecule has 0 bridgehead atoms. The average Bonchev–Trinajstić information content (AvgIpc) is 3.65. The van der Waals surface area contributed by atoms with Crippen molar-refractivity contribution in [2.24, 2.45) is 0 Å². The molecule has 0 spiro atoms. The van der Waals surface area contributed by atoms with E-state index in [4.69, 9.17) is 18.8 Å². The Morgan fingerprint density at radius 1 is 0.585 bits per heavy atom. The molecule has 9 rings (SSSR count). The van der Waals surface area contributed by atoms with E-state index < -0.39 is 0 Å². The summed E-state index contributed by atoms with van der Waals surface area (Å²) in [5.41, 5.74) is 10.9. The van der Waals surface area contributed by atoms with Gasteiger partial charge in [-0.05, 0) is 47.0 Å².